The molecular weight excluding hydrogens is 514 g/mol. The van der Waals surface area contributed by atoms with E-state index in [0.29, 0.717) is 21.2 Å². The van der Waals surface area contributed by atoms with E-state index in [9.17, 15) is 18.4 Å². The topological polar surface area (TPSA) is 46.2 Å². The second-order valence-electron chi connectivity index (χ2n) is 7.74. The van der Waals surface area contributed by atoms with E-state index in [2.05, 4.69) is 5.32 Å². The number of halogens is 6. The van der Waals surface area contributed by atoms with E-state index < -0.39 is 39.5 Å². The van der Waals surface area contributed by atoms with E-state index in [1.807, 2.05) is 0 Å². The second-order valence-corrected chi connectivity index (χ2v) is 10.1. The lowest BCUT2D eigenvalue weighted by molar-refractivity contribution is -0.117. The molecule has 0 aliphatic heterocycles. The monoisotopic (exact) mass is 527 g/mol. The van der Waals surface area contributed by atoms with Crippen molar-refractivity contribution in [1.82, 2.24) is 0 Å². The average molecular weight is 529 g/mol. The Labute approximate surface area is 208 Å². The van der Waals surface area contributed by atoms with E-state index >= 15 is 0 Å². The number of alkyl halides is 2. The van der Waals surface area contributed by atoms with Crippen molar-refractivity contribution in [3.05, 3.63) is 99.0 Å². The first-order valence-electron chi connectivity index (χ1n) is 9.78. The standard InChI is InChI=1S/C24H15Cl4F2NO2/c25-14-8-13(9-15(26)10-14)21-22(24(21,27)28)23(33)31-17-5-6-19(30)18(11-17)20(32)7-12-1-3-16(29)4-2-12/h1-6,8-11,21-22H,7H2,(H,31,33)/t21-,22+/m0/s1. The summed E-state index contributed by atoms with van der Waals surface area (Å²) in [5.41, 5.74) is 1.16. The van der Waals surface area contributed by atoms with Crippen LogP contribution in [-0.4, -0.2) is 16.0 Å². The van der Waals surface area contributed by atoms with Crippen molar-refractivity contribution < 1.29 is 18.4 Å². The van der Waals surface area contributed by atoms with Crippen molar-refractivity contribution in [2.75, 3.05) is 5.32 Å². The Bertz CT molecular complexity index is 1230. The molecule has 4 rings (SSSR count). The number of amides is 1. The van der Waals surface area contributed by atoms with Gasteiger partial charge in [-0.25, -0.2) is 8.78 Å². The molecule has 2 atom stereocenters. The number of benzene rings is 3. The van der Waals surface area contributed by atoms with Crippen LogP contribution in [0.25, 0.3) is 0 Å². The van der Waals surface area contributed by atoms with Crippen LogP contribution in [-0.2, 0) is 11.2 Å². The minimum Gasteiger partial charge on any atom is -0.326 e. The van der Waals surface area contributed by atoms with Gasteiger partial charge < -0.3 is 5.32 Å². The van der Waals surface area contributed by atoms with Crippen molar-refractivity contribution in [2.24, 2.45) is 5.92 Å². The Kier molecular flexibility index (Phi) is 6.70. The molecule has 1 aliphatic carbocycles. The Hall–Kier alpha value is -2.18. The highest BCUT2D eigenvalue weighted by molar-refractivity contribution is 6.53. The van der Waals surface area contributed by atoms with Gasteiger partial charge in [-0.1, -0.05) is 35.3 Å². The molecule has 0 saturated heterocycles. The Balaban J connectivity index is 1.50. The van der Waals surface area contributed by atoms with Gasteiger partial charge in [-0.15, -0.1) is 23.2 Å². The van der Waals surface area contributed by atoms with Crippen LogP contribution in [0.15, 0.2) is 60.7 Å². The molecule has 1 fully saturated rings. The highest BCUT2D eigenvalue weighted by atomic mass is 35.5. The summed E-state index contributed by atoms with van der Waals surface area (Å²) in [5.74, 6) is -3.53. The van der Waals surface area contributed by atoms with Crippen molar-refractivity contribution in [2.45, 2.75) is 16.7 Å². The first-order chi connectivity index (χ1) is 15.6. The quantitative estimate of drug-likeness (QED) is 0.271. The fourth-order valence-corrected chi connectivity index (χ4v) is 5.11. The number of hydrogen-bond donors (Lipinski definition) is 1. The van der Waals surface area contributed by atoms with E-state index in [0.717, 1.165) is 6.07 Å². The maximum absolute atomic E-state index is 14.3. The van der Waals surface area contributed by atoms with Crippen LogP contribution in [0.3, 0.4) is 0 Å². The van der Waals surface area contributed by atoms with Crippen molar-refractivity contribution in [1.29, 1.82) is 0 Å². The smallest absolute Gasteiger partial charge is 0.231 e. The van der Waals surface area contributed by atoms with Gasteiger partial charge in [0.1, 0.15) is 16.0 Å². The number of nitrogens with one attached hydrogen (secondary N) is 1. The maximum Gasteiger partial charge on any atom is 0.231 e. The van der Waals surface area contributed by atoms with Crippen molar-refractivity contribution in [3.8, 4) is 0 Å². The third-order valence-electron chi connectivity index (χ3n) is 5.39. The molecule has 0 radical (unpaired) electrons. The lowest BCUT2D eigenvalue weighted by atomic mass is 10.0. The van der Waals surface area contributed by atoms with Crippen LogP contribution < -0.4 is 5.32 Å². The fraction of sp³-hybridized carbons (Fsp3) is 0.167. The number of rotatable bonds is 6. The maximum atomic E-state index is 14.3. The minimum atomic E-state index is -1.38. The zero-order chi connectivity index (χ0) is 23.9. The molecule has 0 heterocycles. The summed E-state index contributed by atoms with van der Waals surface area (Å²) in [6.45, 7) is 0. The summed E-state index contributed by atoms with van der Waals surface area (Å²) in [5, 5.41) is 3.41. The summed E-state index contributed by atoms with van der Waals surface area (Å²) in [6.07, 6.45) is -0.124. The fourth-order valence-electron chi connectivity index (χ4n) is 3.74. The number of anilines is 1. The predicted octanol–water partition coefficient (Wildman–Crippen LogP) is 7.22. The number of carbonyl (C=O) groups excluding carboxylic acids is 2. The first-order valence-corrected chi connectivity index (χ1v) is 11.3. The molecule has 9 heteroatoms. The molecule has 3 aromatic rings. The van der Waals surface area contributed by atoms with Gasteiger partial charge in [0.2, 0.25) is 5.91 Å². The molecule has 0 unspecified atom stereocenters. The molecule has 1 N–H and O–H groups in total. The third kappa shape index (κ3) is 5.17. The Morgan fingerprint density at radius 3 is 2.18 bits per heavy atom. The third-order valence-corrected chi connectivity index (χ3v) is 6.77. The van der Waals surface area contributed by atoms with Gasteiger partial charge in [-0.3, -0.25) is 9.59 Å². The van der Waals surface area contributed by atoms with E-state index in [1.165, 1.54) is 36.4 Å². The molecule has 1 saturated carbocycles. The first kappa shape index (κ1) is 24.0. The molecule has 0 bridgehead atoms. The average Bonchev–Trinajstić information content (AvgIpc) is 3.32. The highest BCUT2D eigenvalue weighted by Gasteiger charge is 2.67. The van der Waals surface area contributed by atoms with Gasteiger partial charge in [0.15, 0.2) is 5.78 Å². The summed E-state index contributed by atoms with van der Waals surface area (Å²) < 4.78 is 26.0. The molecule has 3 nitrogen and oxygen atoms in total. The largest absolute Gasteiger partial charge is 0.326 e. The van der Waals surface area contributed by atoms with Gasteiger partial charge in [-0.2, -0.15) is 0 Å². The number of Topliss-reactive ketones (excluding diaryl/α,β-unsaturated/α-hetero) is 1. The van der Waals surface area contributed by atoms with Crippen LogP contribution in [0.2, 0.25) is 10.0 Å². The second kappa shape index (κ2) is 9.22. The van der Waals surface area contributed by atoms with Gasteiger partial charge >= 0.3 is 0 Å². The van der Waals surface area contributed by atoms with Crippen molar-refractivity contribution in [3.63, 3.8) is 0 Å². The number of hydrogen-bond acceptors (Lipinski definition) is 2. The zero-order valence-corrected chi connectivity index (χ0v) is 19.7. The zero-order valence-electron chi connectivity index (χ0n) is 16.7. The van der Waals surface area contributed by atoms with Gasteiger partial charge in [0.05, 0.1) is 11.5 Å². The van der Waals surface area contributed by atoms with Gasteiger partial charge in [-0.05, 0) is 59.7 Å². The van der Waals surface area contributed by atoms with Crippen LogP contribution in [0, 0.1) is 17.6 Å². The normalized spacial score (nSPS) is 18.6. The molecule has 0 spiro atoms. The summed E-state index contributed by atoms with van der Waals surface area (Å²) in [6, 6.07) is 13.8. The lowest BCUT2D eigenvalue weighted by Gasteiger charge is -2.09. The van der Waals surface area contributed by atoms with Gasteiger partial charge in [0.25, 0.3) is 0 Å². The molecule has 33 heavy (non-hydrogen) atoms. The molecule has 1 amide bonds. The molecule has 170 valence electrons. The molecular formula is C24H15Cl4F2NO2. The number of carbonyl (C=O) groups is 2. The minimum absolute atomic E-state index is 0.124. The predicted molar refractivity (Wildman–Crippen MR) is 127 cm³/mol. The Morgan fingerprint density at radius 2 is 1.55 bits per heavy atom. The van der Waals surface area contributed by atoms with E-state index in [4.69, 9.17) is 46.4 Å². The lowest BCUT2D eigenvalue weighted by Crippen LogP contribution is -2.18. The molecule has 0 aromatic heterocycles. The van der Waals surface area contributed by atoms with E-state index in [1.54, 1.807) is 18.2 Å². The summed E-state index contributed by atoms with van der Waals surface area (Å²) in [7, 11) is 0. The van der Waals surface area contributed by atoms with Crippen LogP contribution >= 0.6 is 46.4 Å². The van der Waals surface area contributed by atoms with E-state index in [-0.39, 0.29) is 17.7 Å². The molecule has 1 aliphatic rings. The SMILES string of the molecule is O=C(Cc1ccc(F)cc1)c1cc(NC(=O)[C@H]2[C@H](c3cc(Cl)cc(Cl)c3)C2(Cl)Cl)ccc1F. The summed E-state index contributed by atoms with van der Waals surface area (Å²) in [4.78, 5) is 25.5. The van der Waals surface area contributed by atoms with Crippen LogP contribution in [0.4, 0.5) is 14.5 Å². The Morgan fingerprint density at radius 1 is 0.909 bits per heavy atom. The van der Waals surface area contributed by atoms with Gasteiger partial charge in [0, 0.05) is 28.1 Å². The van der Waals surface area contributed by atoms with Crippen LogP contribution in [0.5, 0.6) is 0 Å². The summed E-state index contributed by atoms with van der Waals surface area (Å²) >= 11 is 24.8. The highest BCUT2D eigenvalue weighted by Crippen LogP contribution is 2.65. The molecule has 3 aromatic carbocycles. The number of ketones is 1. The van der Waals surface area contributed by atoms with Crippen LogP contribution in [0.1, 0.15) is 27.4 Å². The van der Waals surface area contributed by atoms with Crippen molar-refractivity contribution >= 4 is 63.8 Å².